The van der Waals surface area contributed by atoms with Crippen molar-refractivity contribution >= 4 is 11.8 Å². The number of hydrogen-bond donors (Lipinski definition) is 2. The van der Waals surface area contributed by atoms with E-state index in [1.807, 2.05) is 0 Å². The Balaban J connectivity index is 2.22. The van der Waals surface area contributed by atoms with Crippen LogP contribution in [0.4, 0.5) is 0 Å². The number of rotatable bonds is 13. The third kappa shape index (κ3) is 8.50. The van der Waals surface area contributed by atoms with E-state index in [0.717, 1.165) is 64.2 Å². The highest BCUT2D eigenvalue weighted by molar-refractivity contribution is 5.78. The van der Waals surface area contributed by atoms with E-state index in [0.29, 0.717) is 24.5 Å². The van der Waals surface area contributed by atoms with Gasteiger partial charge in [-0.05, 0) is 43.9 Å². The molecule has 4 heteroatoms. The Morgan fingerprint density at radius 1 is 0.957 bits per heavy atom. The minimum Gasteiger partial charge on any atom is -0.481 e. The molecule has 0 unspecified atom stereocenters. The first kappa shape index (κ1) is 20.1. The van der Waals surface area contributed by atoms with E-state index >= 15 is 0 Å². The topological polar surface area (TPSA) is 74.6 Å². The SMILES string of the molecule is CCCCCC(=O)C[C@H]1CC[C@H](O)[C@@H]1CCCCCCC(=O)O. The van der Waals surface area contributed by atoms with Crippen molar-refractivity contribution in [3.8, 4) is 0 Å². The molecule has 0 spiro atoms. The molecule has 1 rings (SSSR count). The van der Waals surface area contributed by atoms with Gasteiger partial charge in [0.2, 0.25) is 0 Å². The summed E-state index contributed by atoms with van der Waals surface area (Å²) in [6, 6.07) is 0. The van der Waals surface area contributed by atoms with Gasteiger partial charge in [0.15, 0.2) is 0 Å². The zero-order valence-corrected chi connectivity index (χ0v) is 14.6. The Bertz CT molecular complexity index is 353. The molecule has 0 amide bonds. The van der Waals surface area contributed by atoms with Crippen molar-refractivity contribution in [2.75, 3.05) is 0 Å². The number of aliphatic hydroxyl groups is 1. The number of ketones is 1. The smallest absolute Gasteiger partial charge is 0.303 e. The minimum absolute atomic E-state index is 0.248. The lowest BCUT2D eigenvalue weighted by Crippen LogP contribution is -2.21. The van der Waals surface area contributed by atoms with Crippen molar-refractivity contribution in [1.82, 2.24) is 0 Å². The molecule has 0 bridgehead atoms. The summed E-state index contributed by atoms with van der Waals surface area (Å²) in [6.07, 6.45) is 11.1. The highest BCUT2D eigenvalue weighted by atomic mass is 16.4. The molecule has 0 aromatic rings. The molecule has 2 N–H and O–H groups in total. The lowest BCUT2D eigenvalue weighted by molar-refractivity contribution is -0.137. The third-order valence-corrected chi connectivity index (χ3v) is 5.16. The number of carboxylic acid groups (broad SMARTS) is 1. The standard InChI is InChI=1S/C19H34O4/c1-2-3-6-9-16(20)14-15-12-13-18(21)17(15)10-7-4-5-8-11-19(22)23/h15,17-18,21H,2-14H2,1H3,(H,22,23)/t15-,17-,18+/m1/s1. The number of aliphatic hydroxyl groups excluding tert-OH is 1. The second kappa shape index (κ2) is 11.6. The predicted molar refractivity (Wildman–Crippen MR) is 91.3 cm³/mol. The van der Waals surface area contributed by atoms with Gasteiger partial charge >= 0.3 is 5.97 Å². The lowest BCUT2D eigenvalue weighted by atomic mass is 9.85. The normalized spacial score (nSPS) is 24.0. The lowest BCUT2D eigenvalue weighted by Gasteiger charge is -2.21. The first-order chi connectivity index (χ1) is 11.0. The molecule has 0 aliphatic heterocycles. The predicted octanol–water partition coefficient (Wildman–Crippen LogP) is 4.34. The Labute approximate surface area is 140 Å². The summed E-state index contributed by atoms with van der Waals surface area (Å²) < 4.78 is 0. The van der Waals surface area contributed by atoms with Gasteiger partial charge in [-0.2, -0.15) is 0 Å². The van der Waals surface area contributed by atoms with Crippen LogP contribution in [0.5, 0.6) is 0 Å². The maximum atomic E-state index is 12.1. The summed E-state index contributed by atoms with van der Waals surface area (Å²) in [5.74, 6) is 0.268. The van der Waals surface area contributed by atoms with E-state index in [4.69, 9.17) is 5.11 Å². The van der Waals surface area contributed by atoms with Crippen LogP contribution in [-0.2, 0) is 9.59 Å². The van der Waals surface area contributed by atoms with Crippen molar-refractivity contribution in [2.24, 2.45) is 11.8 Å². The third-order valence-electron chi connectivity index (χ3n) is 5.16. The van der Waals surface area contributed by atoms with Gasteiger partial charge < -0.3 is 10.2 Å². The molecule has 0 saturated heterocycles. The molecular weight excluding hydrogens is 292 g/mol. The zero-order valence-electron chi connectivity index (χ0n) is 14.6. The molecule has 4 nitrogen and oxygen atoms in total. The van der Waals surface area contributed by atoms with Crippen LogP contribution in [0.3, 0.4) is 0 Å². The molecule has 0 aromatic heterocycles. The van der Waals surface area contributed by atoms with Crippen molar-refractivity contribution in [2.45, 2.75) is 96.5 Å². The zero-order chi connectivity index (χ0) is 17.1. The highest BCUT2D eigenvalue weighted by Gasteiger charge is 2.35. The molecule has 134 valence electrons. The fourth-order valence-corrected chi connectivity index (χ4v) is 3.79. The summed E-state index contributed by atoms with van der Waals surface area (Å²) in [7, 11) is 0. The van der Waals surface area contributed by atoms with Gasteiger partial charge in [-0.25, -0.2) is 0 Å². The van der Waals surface area contributed by atoms with Crippen LogP contribution in [0.25, 0.3) is 0 Å². The van der Waals surface area contributed by atoms with Gasteiger partial charge in [0.1, 0.15) is 5.78 Å². The number of carboxylic acids is 1. The largest absolute Gasteiger partial charge is 0.481 e. The molecule has 0 aromatic carbocycles. The van der Waals surface area contributed by atoms with Gasteiger partial charge in [0, 0.05) is 19.3 Å². The van der Waals surface area contributed by atoms with Crippen LogP contribution in [0.2, 0.25) is 0 Å². The van der Waals surface area contributed by atoms with Gasteiger partial charge in [-0.15, -0.1) is 0 Å². The molecular formula is C19H34O4. The summed E-state index contributed by atoms with van der Waals surface area (Å²) >= 11 is 0. The number of aliphatic carboxylic acids is 1. The average molecular weight is 326 g/mol. The number of unbranched alkanes of at least 4 members (excludes halogenated alkanes) is 5. The second-order valence-electron chi connectivity index (χ2n) is 7.12. The minimum atomic E-state index is -0.724. The quantitative estimate of drug-likeness (QED) is 0.494. The van der Waals surface area contributed by atoms with Crippen molar-refractivity contribution in [1.29, 1.82) is 0 Å². The van der Waals surface area contributed by atoms with Crippen LogP contribution in [-0.4, -0.2) is 28.1 Å². The Kier molecular flexibility index (Phi) is 10.2. The summed E-state index contributed by atoms with van der Waals surface area (Å²) in [5, 5.41) is 18.8. The van der Waals surface area contributed by atoms with Crippen LogP contribution in [0.1, 0.15) is 90.4 Å². The number of hydrogen-bond acceptors (Lipinski definition) is 3. The van der Waals surface area contributed by atoms with Crippen molar-refractivity contribution in [3.63, 3.8) is 0 Å². The van der Waals surface area contributed by atoms with Crippen LogP contribution in [0.15, 0.2) is 0 Å². The van der Waals surface area contributed by atoms with E-state index in [1.54, 1.807) is 0 Å². The van der Waals surface area contributed by atoms with Crippen LogP contribution < -0.4 is 0 Å². The van der Waals surface area contributed by atoms with E-state index < -0.39 is 5.97 Å². The van der Waals surface area contributed by atoms with Gasteiger partial charge in [-0.3, -0.25) is 9.59 Å². The van der Waals surface area contributed by atoms with E-state index in [-0.39, 0.29) is 18.4 Å². The summed E-state index contributed by atoms with van der Waals surface area (Å²) in [6.45, 7) is 2.14. The van der Waals surface area contributed by atoms with Crippen molar-refractivity contribution in [3.05, 3.63) is 0 Å². The monoisotopic (exact) mass is 326 g/mol. The van der Waals surface area contributed by atoms with Crippen molar-refractivity contribution < 1.29 is 19.8 Å². The fourth-order valence-electron chi connectivity index (χ4n) is 3.79. The molecule has 1 saturated carbocycles. The maximum absolute atomic E-state index is 12.1. The first-order valence-electron chi connectivity index (χ1n) is 9.46. The molecule has 1 fully saturated rings. The van der Waals surface area contributed by atoms with Gasteiger partial charge in [0.05, 0.1) is 6.10 Å². The average Bonchev–Trinajstić information content (AvgIpc) is 2.83. The fraction of sp³-hybridized carbons (Fsp3) is 0.895. The van der Waals surface area contributed by atoms with Crippen LogP contribution >= 0.6 is 0 Å². The Hall–Kier alpha value is -0.900. The van der Waals surface area contributed by atoms with E-state index in [9.17, 15) is 14.7 Å². The molecule has 3 atom stereocenters. The molecule has 1 aliphatic carbocycles. The summed E-state index contributed by atoms with van der Waals surface area (Å²) in [4.78, 5) is 22.5. The highest BCUT2D eigenvalue weighted by Crippen LogP contribution is 2.38. The first-order valence-corrected chi connectivity index (χ1v) is 9.46. The molecule has 1 aliphatic rings. The number of carbonyl (C=O) groups is 2. The van der Waals surface area contributed by atoms with Crippen LogP contribution in [0, 0.1) is 11.8 Å². The van der Waals surface area contributed by atoms with E-state index in [2.05, 4.69) is 6.92 Å². The molecule has 0 radical (unpaired) electrons. The Morgan fingerprint density at radius 2 is 1.65 bits per heavy atom. The molecule has 0 heterocycles. The van der Waals surface area contributed by atoms with Gasteiger partial charge in [0.25, 0.3) is 0 Å². The number of Topliss-reactive ketones (excluding diaryl/α,β-unsaturated/α-hetero) is 1. The number of carbonyl (C=O) groups excluding carboxylic acids is 1. The van der Waals surface area contributed by atoms with Gasteiger partial charge in [-0.1, -0.05) is 39.0 Å². The molecule has 23 heavy (non-hydrogen) atoms. The van der Waals surface area contributed by atoms with E-state index in [1.165, 1.54) is 0 Å². The summed E-state index contributed by atoms with van der Waals surface area (Å²) in [5.41, 5.74) is 0. The Morgan fingerprint density at radius 3 is 2.35 bits per heavy atom. The maximum Gasteiger partial charge on any atom is 0.303 e. The second-order valence-corrected chi connectivity index (χ2v) is 7.12.